The van der Waals surface area contributed by atoms with Gasteiger partial charge in [0.05, 0.1) is 38.4 Å². The number of rotatable bonds is 9. The number of methoxy groups -OCH3 is 2. The van der Waals surface area contributed by atoms with Gasteiger partial charge in [0.2, 0.25) is 0 Å². The number of ether oxygens (including phenoxy) is 3. The molecule has 0 spiro atoms. The number of ketones is 1. The number of fused-ring (bicyclic) bond motifs is 1. The Morgan fingerprint density at radius 3 is 2.41 bits per heavy atom. The van der Waals surface area contributed by atoms with Gasteiger partial charge in [-0.15, -0.1) is 0 Å². The fourth-order valence-corrected chi connectivity index (χ4v) is 4.17. The third kappa shape index (κ3) is 4.44. The first-order valence-electron chi connectivity index (χ1n) is 10.6. The van der Waals surface area contributed by atoms with E-state index in [2.05, 4.69) is 0 Å². The molecular formula is C26H24ClNO6. The summed E-state index contributed by atoms with van der Waals surface area (Å²) < 4.78 is 16.2. The topological polar surface area (TPSA) is 85.3 Å². The van der Waals surface area contributed by atoms with Crippen molar-refractivity contribution >= 4 is 29.0 Å². The van der Waals surface area contributed by atoms with Gasteiger partial charge in [-0.1, -0.05) is 29.8 Å². The average Bonchev–Trinajstić information content (AvgIpc) is 3.06. The lowest BCUT2D eigenvalue weighted by atomic mass is 9.88. The summed E-state index contributed by atoms with van der Waals surface area (Å²) in [6, 6.07) is 18.6. The van der Waals surface area contributed by atoms with Crippen molar-refractivity contribution in [3.63, 3.8) is 0 Å². The number of amides is 1. The van der Waals surface area contributed by atoms with Gasteiger partial charge >= 0.3 is 0 Å². The predicted octanol–water partition coefficient (Wildman–Crippen LogP) is 4.24. The minimum Gasteiger partial charge on any atom is -0.497 e. The van der Waals surface area contributed by atoms with Crippen molar-refractivity contribution in [1.29, 1.82) is 0 Å². The first-order valence-corrected chi connectivity index (χ1v) is 11.0. The van der Waals surface area contributed by atoms with E-state index < -0.39 is 23.7 Å². The molecule has 4 rings (SSSR count). The Hall–Kier alpha value is -3.55. The summed E-state index contributed by atoms with van der Waals surface area (Å²) in [7, 11) is 2.96. The van der Waals surface area contributed by atoms with Gasteiger partial charge < -0.3 is 24.2 Å². The molecule has 0 bridgehead atoms. The highest BCUT2D eigenvalue weighted by molar-refractivity contribution is 6.30. The number of anilines is 1. The number of benzene rings is 3. The number of hydrogen-bond donors (Lipinski definition) is 1. The molecule has 0 aromatic heterocycles. The summed E-state index contributed by atoms with van der Waals surface area (Å²) in [5, 5.41) is 12.1. The van der Waals surface area contributed by atoms with E-state index in [4.69, 9.17) is 25.8 Å². The summed E-state index contributed by atoms with van der Waals surface area (Å²) >= 11 is 5.90. The van der Waals surface area contributed by atoms with Crippen LogP contribution >= 0.6 is 11.6 Å². The van der Waals surface area contributed by atoms with Gasteiger partial charge in [0, 0.05) is 16.7 Å². The number of carbonyl (C=O) groups is 2. The molecule has 3 aromatic rings. The second kappa shape index (κ2) is 9.75. The van der Waals surface area contributed by atoms with Gasteiger partial charge in [-0.05, 0) is 42.5 Å². The number of halogens is 1. The van der Waals surface area contributed by atoms with Crippen LogP contribution in [0, 0.1) is 0 Å². The van der Waals surface area contributed by atoms with Crippen LogP contribution in [0.15, 0.2) is 66.7 Å². The zero-order valence-corrected chi connectivity index (χ0v) is 19.5. The van der Waals surface area contributed by atoms with Crippen LogP contribution in [0.4, 0.5) is 5.69 Å². The van der Waals surface area contributed by atoms with Crippen molar-refractivity contribution in [2.24, 2.45) is 0 Å². The molecule has 8 heteroatoms. The van der Waals surface area contributed by atoms with Crippen LogP contribution in [0.1, 0.15) is 22.3 Å². The molecule has 0 aliphatic carbocycles. The van der Waals surface area contributed by atoms with Crippen molar-refractivity contribution in [2.45, 2.75) is 12.0 Å². The summed E-state index contributed by atoms with van der Waals surface area (Å²) in [5.41, 5.74) is -0.818. The molecule has 1 N–H and O–H groups in total. The number of para-hydroxylation sites is 1. The van der Waals surface area contributed by atoms with E-state index in [1.54, 1.807) is 66.7 Å². The summed E-state index contributed by atoms with van der Waals surface area (Å²) in [4.78, 5) is 28.0. The Morgan fingerprint density at radius 2 is 1.71 bits per heavy atom. The fourth-order valence-electron chi connectivity index (χ4n) is 4.04. The normalized spacial score (nSPS) is 16.8. The highest BCUT2D eigenvalue weighted by atomic mass is 35.5. The van der Waals surface area contributed by atoms with Gasteiger partial charge in [0.1, 0.15) is 23.9 Å². The average molecular weight is 482 g/mol. The third-order valence-electron chi connectivity index (χ3n) is 5.76. The molecule has 176 valence electrons. The third-order valence-corrected chi connectivity index (χ3v) is 6.01. The van der Waals surface area contributed by atoms with E-state index in [9.17, 15) is 14.7 Å². The molecule has 7 nitrogen and oxygen atoms in total. The van der Waals surface area contributed by atoms with Gasteiger partial charge in [0.25, 0.3) is 5.91 Å². The van der Waals surface area contributed by atoms with Crippen LogP contribution in [0.25, 0.3) is 0 Å². The largest absolute Gasteiger partial charge is 0.497 e. The monoisotopic (exact) mass is 481 g/mol. The van der Waals surface area contributed by atoms with E-state index in [-0.39, 0.29) is 18.7 Å². The van der Waals surface area contributed by atoms with Gasteiger partial charge in [-0.25, -0.2) is 0 Å². The van der Waals surface area contributed by atoms with Crippen LogP contribution in [-0.2, 0) is 10.4 Å². The Labute approximate surface area is 202 Å². The van der Waals surface area contributed by atoms with Crippen LogP contribution in [0.5, 0.6) is 17.2 Å². The van der Waals surface area contributed by atoms with Crippen LogP contribution in [0.2, 0.25) is 5.02 Å². The van der Waals surface area contributed by atoms with E-state index in [0.717, 1.165) is 0 Å². The summed E-state index contributed by atoms with van der Waals surface area (Å²) in [6.45, 7) is 0.388. The zero-order chi connectivity index (χ0) is 24.3. The molecular weight excluding hydrogens is 458 g/mol. The lowest BCUT2D eigenvalue weighted by Crippen LogP contribution is -2.43. The van der Waals surface area contributed by atoms with Crippen molar-refractivity contribution in [3.05, 3.63) is 82.9 Å². The van der Waals surface area contributed by atoms with E-state index in [1.165, 1.54) is 19.1 Å². The van der Waals surface area contributed by atoms with E-state index in [0.29, 0.717) is 33.5 Å². The Morgan fingerprint density at radius 1 is 1.00 bits per heavy atom. The van der Waals surface area contributed by atoms with Gasteiger partial charge in [0.15, 0.2) is 11.4 Å². The molecule has 1 heterocycles. The number of Topliss-reactive ketones (excluding diaryl/α,β-unsaturated/α-hetero) is 1. The molecule has 1 aliphatic heterocycles. The van der Waals surface area contributed by atoms with Crippen molar-refractivity contribution in [3.8, 4) is 17.2 Å². The van der Waals surface area contributed by atoms with Crippen LogP contribution in [0.3, 0.4) is 0 Å². The molecule has 0 saturated carbocycles. The van der Waals surface area contributed by atoms with Crippen molar-refractivity contribution < 1.29 is 28.9 Å². The molecule has 3 aromatic carbocycles. The van der Waals surface area contributed by atoms with Crippen LogP contribution in [-0.4, -0.2) is 44.2 Å². The molecule has 0 fully saturated rings. The molecule has 1 atom stereocenters. The van der Waals surface area contributed by atoms with Gasteiger partial charge in [-0.2, -0.15) is 0 Å². The second-order valence-corrected chi connectivity index (χ2v) is 8.24. The first-order chi connectivity index (χ1) is 16.4. The maximum absolute atomic E-state index is 13.4. The smallest absolute Gasteiger partial charge is 0.264 e. The summed E-state index contributed by atoms with van der Waals surface area (Å²) in [5.74, 6) is 0.446. The van der Waals surface area contributed by atoms with Crippen molar-refractivity contribution in [1.82, 2.24) is 0 Å². The Balaban J connectivity index is 1.55. The lowest BCUT2D eigenvalue weighted by Gasteiger charge is -2.23. The number of nitrogens with zero attached hydrogens (tertiary/aromatic N) is 1. The SMILES string of the molecule is COc1ccc(C(=O)C[C@@]2(O)C(=O)N(CCOc3ccc(Cl)cc3)c3ccccc32)c(OC)c1. The molecule has 1 aliphatic rings. The zero-order valence-electron chi connectivity index (χ0n) is 18.8. The number of carbonyl (C=O) groups excluding carboxylic acids is 2. The molecule has 0 saturated heterocycles. The molecule has 34 heavy (non-hydrogen) atoms. The molecule has 1 amide bonds. The predicted molar refractivity (Wildman–Crippen MR) is 128 cm³/mol. The molecule has 0 radical (unpaired) electrons. The van der Waals surface area contributed by atoms with Gasteiger partial charge in [-0.3, -0.25) is 9.59 Å². The van der Waals surface area contributed by atoms with E-state index in [1.807, 2.05) is 0 Å². The van der Waals surface area contributed by atoms with E-state index >= 15 is 0 Å². The maximum atomic E-state index is 13.4. The highest BCUT2D eigenvalue weighted by Gasteiger charge is 2.50. The van der Waals surface area contributed by atoms with Crippen molar-refractivity contribution in [2.75, 3.05) is 32.3 Å². The Bertz CT molecular complexity index is 1210. The number of aliphatic hydroxyl groups is 1. The van der Waals surface area contributed by atoms with Crippen LogP contribution < -0.4 is 19.1 Å². The standard InChI is InChI=1S/C26H24ClNO6/c1-32-19-11-12-20(24(15-19)33-2)23(29)16-26(31)21-5-3-4-6-22(21)28(25(26)30)13-14-34-18-9-7-17(27)8-10-18/h3-12,15,31H,13-14,16H2,1-2H3/t26-/m0/s1. The first kappa shape index (κ1) is 23.6. The minimum atomic E-state index is -2.00. The number of hydrogen-bond acceptors (Lipinski definition) is 6. The lowest BCUT2D eigenvalue weighted by molar-refractivity contribution is -0.135. The second-order valence-electron chi connectivity index (χ2n) is 7.80. The maximum Gasteiger partial charge on any atom is 0.264 e. The fraction of sp³-hybridized carbons (Fsp3) is 0.231. The highest BCUT2D eigenvalue weighted by Crippen LogP contribution is 2.43. The Kier molecular flexibility index (Phi) is 6.77. The summed E-state index contributed by atoms with van der Waals surface area (Å²) in [6.07, 6.45) is -0.430. The minimum absolute atomic E-state index is 0.192. The quantitative estimate of drug-likeness (QED) is 0.460. The molecule has 0 unspecified atom stereocenters.